The standard InChI is InChI=1S/C31H19Cl3N4O3/c32-19-12-13-24-22(15-19)30(34)37-31(36-24)27(29-28(38-39)26(41-29)16-20-8-5-6-14-35-20)21-9-2-4-11-25(21)40-17-18-7-1-3-10-23(18)33/h1-16,39H,17H2/b26-16-,29-27-,38-28+. The van der Waals surface area contributed by atoms with E-state index in [2.05, 4.69) is 15.1 Å². The fraction of sp³-hybridized carbons (Fsp3) is 0.0323. The Kier molecular flexibility index (Phi) is 7.57. The fourth-order valence-corrected chi connectivity index (χ4v) is 4.91. The normalized spacial score (nSPS) is 16.0. The Bertz CT molecular complexity index is 1870. The van der Waals surface area contributed by atoms with Gasteiger partial charge in [0.2, 0.25) is 0 Å². The topological polar surface area (TPSA) is 89.7 Å². The monoisotopic (exact) mass is 600 g/mol. The van der Waals surface area contributed by atoms with Gasteiger partial charge in [0.25, 0.3) is 0 Å². The van der Waals surface area contributed by atoms with Crippen LogP contribution in [0.5, 0.6) is 5.75 Å². The van der Waals surface area contributed by atoms with E-state index >= 15 is 0 Å². The van der Waals surface area contributed by atoms with Crippen LogP contribution in [0.4, 0.5) is 0 Å². The molecule has 0 unspecified atom stereocenters. The van der Waals surface area contributed by atoms with Crippen molar-refractivity contribution in [1.82, 2.24) is 15.0 Å². The number of aromatic nitrogens is 3. The number of halogens is 3. The van der Waals surface area contributed by atoms with Crippen molar-refractivity contribution in [1.29, 1.82) is 0 Å². The summed E-state index contributed by atoms with van der Waals surface area (Å²) in [7, 11) is 0. The zero-order valence-electron chi connectivity index (χ0n) is 21.1. The van der Waals surface area contributed by atoms with Crippen molar-refractivity contribution in [3.05, 3.63) is 140 Å². The molecule has 0 radical (unpaired) electrons. The summed E-state index contributed by atoms with van der Waals surface area (Å²) in [4.78, 5) is 13.6. The Morgan fingerprint density at radius 3 is 2.54 bits per heavy atom. The van der Waals surface area contributed by atoms with Gasteiger partial charge in [-0.2, -0.15) is 0 Å². The highest BCUT2D eigenvalue weighted by molar-refractivity contribution is 6.36. The van der Waals surface area contributed by atoms with Gasteiger partial charge in [-0.25, -0.2) is 9.97 Å². The Morgan fingerprint density at radius 2 is 1.73 bits per heavy atom. The second-order valence-corrected chi connectivity index (χ2v) is 10.1. The average Bonchev–Trinajstić information content (AvgIpc) is 2.98. The van der Waals surface area contributed by atoms with Crippen molar-refractivity contribution in [2.45, 2.75) is 6.61 Å². The Hall–Kier alpha value is -4.43. The molecule has 1 aliphatic rings. The van der Waals surface area contributed by atoms with Gasteiger partial charge < -0.3 is 14.7 Å². The van der Waals surface area contributed by atoms with Crippen molar-refractivity contribution in [3.63, 3.8) is 0 Å². The Labute approximate surface area is 250 Å². The summed E-state index contributed by atoms with van der Waals surface area (Å²) in [6, 6.07) is 25.4. The largest absolute Gasteiger partial charge is 0.488 e. The van der Waals surface area contributed by atoms with Crippen molar-refractivity contribution in [3.8, 4) is 5.75 Å². The van der Waals surface area contributed by atoms with Crippen molar-refractivity contribution >= 4 is 63.1 Å². The van der Waals surface area contributed by atoms with Gasteiger partial charge in [-0.15, -0.1) is 0 Å². The van der Waals surface area contributed by atoms with E-state index in [1.165, 1.54) is 0 Å². The highest BCUT2D eigenvalue weighted by atomic mass is 35.5. The van der Waals surface area contributed by atoms with Crippen molar-refractivity contribution < 1.29 is 14.7 Å². The molecule has 10 heteroatoms. The SMILES string of the molecule is O/N=C1C(=C\c2ccccn2)\OC\1=C(/c1nc(Cl)c2cc(Cl)ccc2n1)c1ccccc1OCc1ccccc1Cl. The summed E-state index contributed by atoms with van der Waals surface area (Å²) < 4.78 is 12.4. The molecule has 6 rings (SSSR count). The van der Waals surface area contributed by atoms with E-state index in [9.17, 15) is 5.21 Å². The molecule has 3 heterocycles. The number of benzene rings is 3. The highest BCUT2D eigenvalue weighted by Gasteiger charge is 2.36. The minimum Gasteiger partial charge on any atom is -0.488 e. The smallest absolute Gasteiger partial charge is 0.188 e. The van der Waals surface area contributed by atoms with E-state index in [1.807, 2.05) is 60.7 Å². The maximum Gasteiger partial charge on any atom is 0.188 e. The molecule has 0 bridgehead atoms. The van der Waals surface area contributed by atoms with Crippen LogP contribution in [0, 0.1) is 0 Å². The molecule has 41 heavy (non-hydrogen) atoms. The molecule has 202 valence electrons. The van der Waals surface area contributed by atoms with Crippen LogP contribution < -0.4 is 4.74 Å². The highest BCUT2D eigenvalue weighted by Crippen LogP contribution is 2.41. The summed E-state index contributed by atoms with van der Waals surface area (Å²) in [6.45, 7) is 0.212. The molecular weight excluding hydrogens is 583 g/mol. The quantitative estimate of drug-likeness (QED) is 0.120. The first-order valence-electron chi connectivity index (χ1n) is 12.4. The number of para-hydroxylation sites is 1. The van der Waals surface area contributed by atoms with E-state index < -0.39 is 0 Å². The first-order valence-corrected chi connectivity index (χ1v) is 13.5. The summed E-state index contributed by atoms with van der Waals surface area (Å²) in [6.07, 6.45) is 3.33. The molecule has 0 saturated carbocycles. The lowest BCUT2D eigenvalue weighted by molar-refractivity contribution is 0.275. The fourth-order valence-electron chi connectivity index (χ4n) is 4.32. The van der Waals surface area contributed by atoms with Gasteiger partial charge in [-0.05, 0) is 42.5 Å². The molecular formula is C31H19Cl3N4O3. The molecule has 0 aliphatic carbocycles. The van der Waals surface area contributed by atoms with E-state index in [0.717, 1.165) is 5.56 Å². The number of hydrogen-bond donors (Lipinski definition) is 1. The lowest BCUT2D eigenvalue weighted by Crippen LogP contribution is -2.25. The van der Waals surface area contributed by atoms with Crippen molar-refractivity contribution in [2.24, 2.45) is 5.16 Å². The average molecular weight is 602 g/mol. The Morgan fingerprint density at radius 1 is 0.927 bits per heavy atom. The zero-order valence-corrected chi connectivity index (χ0v) is 23.4. The first kappa shape index (κ1) is 26.8. The van der Waals surface area contributed by atoms with Crippen LogP contribution in [-0.4, -0.2) is 25.9 Å². The van der Waals surface area contributed by atoms with Crippen LogP contribution in [0.1, 0.15) is 22.6 Å². The summed E-state index contributed by atoms with van der Waals surface area (Å²) in [5.41, 5.74) is 3.24. The predicted molar refractivity (Wildman–Crippen MR) is 160 cm³/mol. The minimum atomic E-state index is 0.197. The summed E-state index contributed by atoms with van der Waals surface area (Å²) in [5, 5.41) is 15.5. The predicted octanol–water partition coefficient (Wildman–Crippen LogP) is 8.22. The van der Waals surface area contributed by atoms with Gasteiger partial charge in [-0.3, -0.25) is 4.98 Å². The number of ether oxygens (including phenoxy) is 2. The first-order chi connectivity index (χ1) is 20.0. The second kappa shape index (κ2) is 11.6. The number of oxime groups is 1. The minimum absolute atomic E-state index is 0.197. The van der Waals surface area contributed by atoms with Gasteiger partial charge in [0.15, 0.2) is 23.1 Å². The van der Waals surface area contributed by atoms with Crippen LogP contribution >= 0.6 is 34.8 Å². The molecule has 2 aromatic heterocycles. The van der Waals surface area contributed by atoms with Gasteiger partial charge in [0.05, 0.1) is 16.8 Å². The maximum absolute atomic E-state index is 10.0. The molecule has 5 aromatic rings. The van der Waals surface area contributed by atoms with Gasteiger partial charge >= 0.3 is 0 Å². The van der Waals surface area contributed by atoms with Gasteiger partial charge in [0.1, 0.15) is 17.5 Å². The van der Waals surface area contributed by atoms with E-state index in [0.29, 0.717) is 49.3 Å². The number of rotatable bonds is 6. The Balaban J connectivity index is 1.50. The van der Waals surface area contributed by atoms with Gasteiger partial charge in [-0.1, -0.05) is 82.4 Å². The van der Waals surface area contributed by atoms with Crippen LogP contribution in [-0.2, 0) is 11.3 Å². The molecule has 1 saturated heterocycles. The van der Waals surface area contributed by atoms with E-state index in [4.69, 9.17) is 49.3 Å². The maximum atomic E-state index is 10.0. The summed E-state index contributed by atoms with van der Waals surface area (Å²) >= 11 is 19.2. The number of nitrogens with zero attached hydrogens (tertiary/aromatic N) is 4. The lowest BCUT2D eigenvalue weighted by atomic mass is 9.96. The summed E-state index contributed by atoms with van der Waals surface area (Å²) in [5.74, 6) is 1.32. The molecule has 0 amide bonds. The molecule has 1 fully saturated rings. The molecule has 3 aromatic carbocycles. The number of hydrogen-bond acceptors (Lipinski definition) is 7. The lowest BCUT2D eigenvalue weighted by Gasteiger charge is -2.27. The van der Waals surface area contributed by atoms with Crippen LogP contribution in [0.3, 0.4) is 0 Å². The number of fused-ring (bicyclic) bond motifs is 1. The molecule has 0 atom stereocenters. The molecule has 0 spiro atoms. The zero-order chi connectivity index (χ0) is 28.3. The van der Waals surface area contributed by atoms with Gasteiger partial charge in [0, 0.05) is 38.8 Å². The third kappa shape index (κ3) is 5.47. The van der Waals surface area contributed by atoms with Crippen molar-refractivity contribution in [2.75, 3.05) is 0 Å². The van der Waals surface area contributed by atoms with Crippen LogP contribution in [0.2, 0.25) is 15.2 Å². The molecule has 1 aliphatic heterocycles. The van der Waals surface area contributed by atoms with Crippen LogP contribution in [0.15, 0.2) is 108 Å². The van der Waals surface area contributed by atoms with E-state index in [-0.39, 0.29) is 29.1 Å². The molecule has 7 nitrogen and oxygen atoms in total. The van der Waals surface area contributed by atoms with E-state index in [1.54, 1.807) is 36.5 Å². The molecule has 1 N–H and O–H groups in total. The van der Waals surface area contributed by atoms with Crippen LogP contribution in [0.25, 0.3) is 22.6 Å². The number of pyridine rings is 1. The third-order valence-electron chi connectivity index (χ3n) is 6.29. The second-order valence-electron chi connectivity index (χ2n) is 8.89. The third-order valence-corrected chi connectivity index (χ3v) is 7.18.